The maximum atomic E-state index is 11.6. The zero-order valence-corrected chi connectivity index (χ0v) is 12.8. The van der Waals surface area contributed by atoms with Gasteiger partial charge in [0.05, 0.1) is 5.54 Å². The van der Waals surface area contributed by atoms with Crippen molar-refractivity contribution in [2.45, 2.75) is 38.8 Å². The molecule has 0 saturated carbocycles. The number of likely N-dealkylation sites (N-methyl/N-ethyl adjacent to an activating group) is 2. The van der Waals surface area contributed by atoms with Crippen LogP contribution in [0.3, 0.4) is 0 Å². The summed E-state index contributed by atoms with van der Waals surface area (Å²) in [5.74, 6) is -0.280. The highest BCUT2D eigenvalue weighted by Gasteiger charge is 2.31. The van der Waals surface area contributed by atoms with Crippen LogP contribution >= 0.6 is 0 Å². The van der Waals surface area contributed by atoms with Crippen LogP contribution in [0.2, 0.25) is 0 Å². The lowest BCUT2D eigenvalue weighted by atomic mass is 9.95. The maximum absolute atomic E-state index is 11.6. The quantitative estimate of drug-likeness (QED) is 0.616. The first-order valence-corrected chi connectivity index (χ1v) is 6.58. The molecular formula is C13H30N4O. The minimum Gasteiger partial charge on any atom is -0.368 e. The van der Waals surface area contributed by atoms with Gasteiger partial charge in [0, 0.05) is 25.7 Å². The molecule has 0 aliphatic carbocycles. The molecule has 1 atom stereocenters. The molecule has 18 heavy (non-hydrogen) atoms. The van der Waals surface area contributed by atoms with E-state index in [1.165, 1.54) is 0 Å². The van der Waals surface area contributed by atoms with Crippen molar-refractivity contribution in [2.24, 2.45) is 5.73 Å². The maximum Gasteiger partial charge on any atom is 0.237 e. The van der Waals surface area contributed by atoms with E-state index >= 15 is 0 Å². The van der Waals surface area contributed by atoms with Gasteiger partial charge >= 0.3 is 0 Å². The van der Waals surface area contributed by atoms with E-state index in [4.69, 9.17) is 5.73 Å². The highest BCUT2D eigenvalue weighted by molar-refractivity contribution is 5.84. The summed E-state index contributed by atoms with van der Waals surface area (Å²) in [5.41, 5.74) is 4.88. The number of amides is 1. The van der Waals surface area contributed by atoms with Gasteiger partial charge in [-0.1, -0.05) is 0 Å². The minimum absolute atomic E-state index is 0.245. The van der Waals surface area contributed by atoms with Crippen LogP contribution < -0.4 is 11.1 Å². The Bertz CT molecular complexity index is 255. The van der Waals surface area contributed by atoms with E-state index in [9.17, 15) is 4.79 Å². The lowest BCUT2D eigenvalue weighted by molar-refractivity contribution is -0.124. The predicted octanol–water partition coefficient (Wildman–Crippen LogP) is 0.112. The van der Waals surface area contributed by atoms with Crippen molar-refractivity contribution in [1.82, 2.24) is 15.1 Å². The van der Waals surface area contributed by atoms with E-state index in [2.05, 4.69) is 36.3 Å². The predicted molar refractivity (Wildman–Crippen MR) is 76.5 cm³/mol. The summed E-state index contributed by atoms with van der Waals surface area (Å²) in [6, 6.07) is 0.245. The highest BCUT2D eigenvalue weighted by Crippen LogP contribution is 2.11. The summed E-state index contributed by atoms with van der Waals surface area (Å²) in [5, 5.41) is 3.26. The molecule has 1 amide bonds. The lowest BCUT2D eigenvalue weighted by Crippen LogP contribution is -2.56. The van der Waals surface area contributed by atoms with E-state index in [1.807, 2.05) is 20.8 Å². The van der Waals surface area contributed by atoms with Gasteiger partial charge in [0.25, 0.3) is 0 Å². The van der Waals surface area contributed by atoms with Crippen LogP contribution in [0.25, 0.3) is 0 Å². The second-order valence-corrected chi connectivity index (χ2v) is 5.85. The fourth-order valence-electron chi connectivity index (χ4n) is 1.80. The molecule has 0 bridgehead atoms. The smallest absolute Gasteiger partial charge is 0.237 e. The van der Waals surface area contributed by atoms with Crippen LogP contribution in [-0.2, 0) is 4.79 Å². The topological polar surface area (TPSA) is 61.6 Å². The number of hydrogen-bond donors (Lipinski definition) is 2. The summed E-state index contributed by atoms with van der Waals surface area (Å²) >= 11 is 0. The van der Waals surface area contributed by atoms with Crippen LogP contribution in [0, 0.1) is 0 Å². The van der Waals surface area contributed by atoms with Crippen molar-refractivity contribution in [3.8, 4) is 0 Å². The Kier molecular flexibility index (Phi) is 7.43. The highest BCUT2D eigenvalue weighted by atomic mass is 16.1. The number of hydrogen-bond acceptors (Lipinski definition) is 4. The van der Waals surface area contributed by atoms with Gasteiger partial charge in [-0.3, -0.25) is 4.79 Å². The summed E-state index contributed by atoms with van der Waals surface area (Å²) in [6.45, 7) is 8.79. The Morgan fingerprint density at radius 1 is 1.22 bits per heavy atom. The standard InChI is InChI=1S/C13H30N4O/c1-11(2)15-13(3,12(14)18)7-8-17(6)10-9-16(4)5/h11,15H,7-10H2,1-6H3,(H2,14,18). The molecule has 5 heteroatoms. The van der Waals surface area contributed by atoms with Crippen LogP contribution in [0.15, 0.2) is 0 Å². The van der Waals surface area contributed by atoms with E-state index in [1.54, 1.807) is 0 Å². The summed E-state index contributed by atoms with van der Waals surface area (Å²) in [7, 11) is 6.18. The number of nitrogens with zero attached hydrogens (tertiary/aromatic N) is 2. The third-order valence-corrected chi connectivity index (χ3v) is 3.07. The first-order chi connectivity index (χ1) is 8.17. The monoisotopic (exact) mass is 258 g/mol. The number of carbonyl (C=O) groups excluding carboxylic acids is 1. The molecule has 0 heterocycles. The van der Waals surface area contributed by atoms with Gasteiger partial charge < -0.3 is 20.9 Å². The molecule has 0 aliphatic heterocycles. The van der Waals surface area contributed by atoms with Gasteiger partial charge in [0.2, 0.25) is 5.91 Å². The van der Waals surface area contributed by atoms with Crippen molar-refractivity contribution in [2.75, 3.05) is 40.8 Å². The fraction of sp³-hybridized carbons (Fsp3) is 0.923. The molecule has 0 aromatic heterocycles. The van der Waals surface area contributed by atoms with Crippen LogP contribution in [-0.4, -0.2) is 68.1 Å². The first kappa shape index (κ1) is 17.4. The summed E-state index contributed by atoms with van der Waals surface area (Å²) < 4.78 is 0. The van der Waals surface area contributed by atoms with Gasteiger partial charge in [-0.2, -0.15) is 0 Å². The van der Waals surface area contributed by atoms with Gasteiger partial charge in [0.15, 0.2) is 0 Å². The number of rotatable bonds is 9. The van der Waals surface area contributed by atoms with E-state index in [-0.39, 0.29) is 11.9 Å². The van der Waals surface area contributed by atoms with Crippen LogP contribution in [0.5, 0.6) is 0 Å². The Labute approximate surface area is 112 Å². The molecular weight excluding hydrogens is 228 g/mol. The van der Waals surface area contributed by atoms with E-state index in [0.29, 0.717) is 0 Å². The number of nitrogens with one attached hydrogen (secondary N) is 1. The van der Waals surface area contributed by atoms with Gasteiger partial charge in [-0.25, -0.2) is 0 Å². The second-order valence-electron chi connectivity index (χ2n) is 5.85. The average molecular weight is 258 g/mol. The number of carbonyl (C=O) groups is 1. The Morgan fingerprint density at radius 2 is 1.78 bits per heavy atom. The zero-order valence-electron chi connectivity index (χ0n) is 12.8. The Morgan fingerprint density at radius 3 is 2.17 bits per heavy atom. The SMILES string of the molecule is CC(C)NC(C)(CCN(C)CCN(C)C)C(N)=O. The van der Waals surface area contributed by atoms with Crippen molar-refractivity contribution in [3.05, 3.63) is 0 Å². The molecule has 1 unspecified atom stereocenters. The normalized spacial score (nSPS) is 15.4. The molecule has 3 N–H and O–H groups in total. The number of primary amides is 1. The third kappa shape index (κ3) is 6.93. The zero-order chi connectivity index (χ0) is 14.3. The van der Waals surface area contributed by atoms with Crippen molar-refractivity contribution in [3.63, 3.8) is 0 Å². The molecule has 0 spiro atoms. The van der Waals surface area contributed by atoms with Gasteiger partial charge in [-0.15, -0.1) is 0 Å². The summed E-state index contributed by atoms with van der Waals surface area (Å²) in [6.07, 6.45) is 0.727. The third-order valence-electron chi connectivity index (χ3n) is 3.07. The Balaban J connectivity index is 4.23. The average Bonchev–Trinajstić information content (AvgIpc) is 2.22. The molecule has 0 aromatic carbocycles. The van der Waals surface area contributed by atoms with Crippen molar-refractivity contribution < 1.29 is 4.79 Å². The first-order valence-electron chi connectivity index (χ1n) is 6.58. The largest absolute Gasteiger partial charge is 0.368 e. The second kappa shape index (κ2) is 7.71. The van der Waals surface area contributed by atoms with Crippen LogP contribution in [0.1, 0.15) is 27.2 Å². The Hall–Kier alpha value is -0.650. The molecule has 0 saturated heterocycles. The van der Waals surface area contributed by atoms with E-state index in [0.717, 1.165) is 26.1 Å². The van der Waals surface area contributed by atoms with Crippen molar-refractivity contribution >= 4 is 5.91 Å². The molecule has 0 rings (SSSR count). The van der Waals surface area contributed by atoms with Gasteiger partial charge in [-0.05, 0) is 48.3 Å². The lowest BCUT2D eigenvalue weighted by Gasteiger charge is -2.31. The molecule has 0 aromatic rings. The summed E-state index contributed by atoms with van der Waals surface area (Å²) in [4.78, 5) is 15.9. The van der Waals surface area contributed by atoms with Crippen molar-refractivity contribution in [1.29, 1.82) is 0 Å². The molecule has 108 valence electrons. The van der Waals surface area contributed by atoms with Gasteiger partial charge in [0.1, 0.15) is 0 Å². The molecule has 0 radical (unpaired) electrons. The van der Waals surface area contributed by atoms with E-state index < -0.39 is 5.54 Å². The number of nitrogens with two attached hydrogens (primary N) is 1. The molecule has 0 fully saturated rings. The minimum atomic E-state index is -0.624. The fourth-order valence-corrected chi connectivity index (χ4v) is 1.80. The van der Waals surface area contributed by atoms with Crippen LogP contribution in [0.4, 0.5) is 0 Å². The molecule has 5 nitrogen and oxygen atoms in total. The molecule has 0 aliphatic rings.